The first-order chi connectivity index (χ1) is 6.29. The maximum absolute atomic E-state index is 5.13. The maximum Gasteiger partial charge on any atom is 0.240 e. The van der Waals surface area contributed by atoms with Crippen molar-refractivity contribution in [1.29, 1.82) is 0 Å². The molecule has 5 heteroatoms. The van der Waals surface area contributed by atoms with Crippen LogP contribution in [0.25, 0.3) is 0 Å². The Hall–Kier alpha value is -0.420. The molecule has 0 spiro atoms. The van der Waals surface area contributed by atoms with Crippen molar-refractivity contribution in [3.8, 4) is 0 Å². The molecule has 13 heavy (non-hydrogen) atoms. The Morgan fingerprint density at radius 1 is 1.54 bits per heavy atom. The Bertz CT molecular complexity index is 316. The summed E-state index contributed by atoms with van der Waals surface area (Å²) in [5.74, 6) is 1.19. The minimum atomic E-state index is 0.427. The molecule has 70 valence electrons. The minimum absolute atomic E-state index is 0.427. The smallest absolute Gasteiger partial charge is 0.240 e. The van der Waals surface area contributed by atoms with Gasteiger partial charge in [-0.2, -0.15) is 4.98 Å². The van der Waals surface area contributed by atoms with E-state index in [1.807, 2.05) is 6.26 Å². The van der Waals surface area contributed by atoms with Gasteiger partial charge >= 0.3 is 0 Å². The van der Waals surface area contributed by atoms with Crippen molar-refractivity contribution in [2.24, 2.45) is 0 Å². The van der Waals surface area contributed by atoms with Gasteiger partial charge in [0.2, 0.25) is 11.0 Å². The van der Waals surface area contributed by atoms with Crippen LogP contribution in [-0.4, -0.2) is 16.4 Å². The van der Waals surface area contributed by atoms with Gasteiger partial charge in [-0.1, -0.05) is 22.9 Å². The average molecular weight is 214 g/mol. The predicted octanol–water partition coefficient (Wildman–Crippen LogP) is 2.87. The van der Waals surface area contributed by atoms with Gasteiger partial charge in [-0.25, -0.2) is 0 Å². The van der Waals surface area contributed by atoms with E-state index in [1.165, 1.54) is 16.4 Å². The fraction of sp³-hybridized carbons (Fsp3) is 0.500. The molecule has 0 unspecified atom stereocenters. The fourth-order valence-electron chi connectivity index (χ4n) is 1.31. The van der Waals surface area contributed by atoms with Crippen LogP contribution in [0.4, 0.5) is 0 Å². The highest BCUT2D eigenvalue weighted by Crippen LogP contribution is 2.40. The molecule has 0 aromatic carbocycles. The molecule has 3 nitrogen and oxygen atoms in total. The molecule has 0 atom stereocenters. The first kappa shape index (κ1) is 9.15. The number of allylic oxidation sites excluding steroid dienone is 1. The molecule has 1 heterocycles. The summed E-state index contributed by atoms with van der Waals surface area (Å²) in [7, 11) is 3.15. The molecule has 1 aliphatic carbocycles. The van der Waals surface area contributed by atoms with E-state index < -0.39 is 0 Å². The van der Waals surface area contributed by atoms with E-state index in [0.29, 0.717) is 5.92 Å². The van der Waals surface area contributed by atoms with Crippen molar-refractivity contribution in [2.75, 3.05) is 6.26 Å². The lowest BCUT2D eigenvalue weighted by molar-refractivity contribution is 0.324. The molecule has 1 aromatic rings. The highest BCUT2D eigenvalue weighted by molar-refractivity contribution is 8.76. The summed E-state index contributed by atoms with van der Waals surface area (Å²) >= 11 is 0. The van der Waals surface area contributed by atoms with Gasteiger partial charge in [0.1, 0.15) is 0 Å². The predicted molar refractivity (Wildman–Crippen MR) is 54.8 cm³/mol. The van der Waals surface area contributed by atoms with Crippen LogP contribution in [-0.2, 0) is 0 Å². The minimum Gasteiger partial charge on any atom is -0.338 e. The van der Waals surface area contributed by atoms with E-state index in [4.69, 9.17) is 4.52 Å². The monoisotopic (exact) mass is 214 g/mol. The standard InChI is InChI=1S/C8H10N2OS2/c1-5-3-6(4-5)7-9-8(10-11-7)13-12-2/h6H,1,3-4H2,2H3. The normalized spacial score (nSPS) is 17.5. The molecule has 1 aliphatic rings. The third-order valence-electron chi connectivity index (χ3n) is 2.00. The average Bonchev–Trinajstić information content (AvgIpc) is 2.48. The van der Waals surface area contributed by atoms with Gasteiger partial charge < -0.3 is 4.52 Å². The van der Waals surface area contributed by atoms with Crippen LogP contribution in [0.1, 0.15) is 24.7 Å². The number of rotatable bonds is 3. The second-order valence-electron chi connectivity index (χ2n) is 3.02. The Labute approximate surface area is 84.8 Å². The van der Waals surface area contributed by atoms with Crippen molar-refractivity contribution in [1.82, 2.24) is 10.1 Å². The summed E-state index contributed by atoms with van der Waals surface area (Å²) in [6.07, 6.45) is 4.00. The van der Waals surface area contributed by atoms with Gasteiger partial charge in [0.15, 0.2) is 0 Å². The quantitative estimate of drug-likeness (QED) is 0.571. The van der Waals surface area contributed by atoms with Crippen molar-refractivity contribution < 1.29 is 4.52 Å². The summed E-state index contributed by atoms with van der Waals surface area (Å²) in [6, 6.07) is 0. The Balaban J connectivity index is 2.01. The van der Waals surface area contributed by atoms with E-state index in [2.05, 4.69) is 16.7 Å². The molecule has 0 saturated heterocycles. The topological polar surface area (TPSA) is 38.9 Å². The van der Waals surface area contributed by atoms with Crippen LogP contribution < -0.4 is 0 Å². The van der Waals surface area contributed by atoms with Crippen LogP contribution >= 0.6 is 21.6 Å². The Kier molecular flexibility index (Phi) is 2.64. The van der Waals surface area contributed by atoms with E-state index in [-0.39, 0.29) is 0 Å². The lowest BCUT2D eigenvalue weighted by Crippen LogP contribution is -2.11. The van der Waals surface area contributed by atoms with E-state index in [9.17, 15) is 0 Å². The zero-order valence-electron chi connectivity index (χ0n) is 7.32. The van der Waals surface area contributed by atoms with Gasteiger partial charge in [-0.15, -0.1) is 0 Å². The van der Waals surface area contributed by atoms with Gasteiger partial charge in [0, 0.05) is 5.92 Å². The highest BCUT2D eigenvalue weighted by atomic mass is 33.1. The number of aromatic nitrogens is 2. The summed E-state index contributed by atoms with van der Waals surface area (Å²) in [6.45, 7) is 3.88. The summed E-state index contributed by atoms with van der Waals surface area (Å²) in [4.78, 5) is 4.28. The Morgan fingerprint density at radius 2 is 2.31 bits per heavy atom. The lowest BCUT2D eigenvalue weighted by atomic mass is 9.81. The van der Waals surface area contributed by atoms with Crippen LogP contribution in [0, 0.1) is 0 Å². The molecule has 0 aliphatic heterocycles. The Morgan fingerprint density at radius 3 is 2.92 bits per heavy atom. The van der Waals surface area contributed by atoms with Gasteiger partial charge in [0.05, 0.1) is 0 Å². The SMILES string of the molecule is C=C1CC(c2nc(SSC)no2)C1. The molecule has 1 fully saturated rings. The molecule has 1 aromatic heterocycles. The first-order valence-corrected chi connectivity index (χ1v) is 6.56. The zero-order chi connectivity index (χ0) is 9.26. The van der Waals surface area contributed by atoms with Crippen molar-refractivity contribution >= 4 is 21.6 Å². The second kappa shape index (κ2) is 3.75. The van der Waals surface area contributed by atoms with Crippen molar-refractivity contribution in [3.05, 3.63) is 18.0 Å². The number of nitrogens with zero attached hydrogens (tertiary/aromatic N) is 2. The van der Waals surface area contributed by atoms with Crippen molar-refractivity contribution in [3.63, 3.8) is 0 Å². The molecule has 0 amide bonds. The van der Waals surface area contributed by atoms with Crippen molar-refractivity contribution in [2.45, 2.75) is 23.9 Å². The van der Waals surface area contributed by atoms with Gasteiger partial charge in [-0.3, -0.25) is 0 Å². The van der Waals surface area contributed by atoms with Gasteiger partial charge in [-0.05, 0) is 35.0 Å². The highest BCUT2D eigenvalue weighted by Gasteiger charge is 2.28. The number of hydrogen-bond acceptors (Lipinski definition) is 5. The summed E-state index contributed by atoms with van der Waals surface area (Å²) < 4.78 is 5.13. The third-order valence-corrected chi connectivity index (χ3v) is 3.43. The molecule has 0 N–H and O–H groups in total. The molecule has 0 radical (unpaired) electrons. The first-order valence-electron chi connectivity index (χ1n) is 4.00. The largest absolute Gasteiger partial charge is 0.338 e. The molecular formula is C8H10N2OS2. The molecule has 0 bridgehead atoms. The van der Waals surface area contributed by atoms with Crippen LogP contribution in [0.3, 0.4) is 0 Å². The zero-order valence-corrected chi connectivity index (χ0v) is 8.95. The van der Waals surface area contributed by atoms with Gasteiger partial charge in [0.25, 0.3) is 0 Å². The molecular weight excluding hydrogens is 204 g/mol. The van der Waals surface area contributed by atoms with E-state index >= 15 is 0 Å². The fourth-order valence-corrected chi connectivity index (χ4v) is 2.30. The van der Waals surface area contributed by atoms with E-state index in [0.717, 1.165) is 23.9 Å². The van der Waals surface area contributed by atoms with Crippen LogP contribution in [0.5, 0.6) is 0 Å². The summed E-state index contributed by atoms with van der Waals surface area (Å²) in [5, 5.41) is 4.58. The van der Waals surface area contributed by atoms with Crippen LogP contribution in [0.2, 0.25) is 0 Å². The van der Waals surface area contributed by atoms with Crippen LogP contribution in [0.15, 0.2) is 21.8 Å². The third kappa shape index (κ3) is 1.91. The molecule has 2 rings (SSSR count). The second-order valence-corrected chi connectivity index (χ2v) is 5.39. The van der Waals surface area contributed by atoms with E-state index in [1.54, 1.807) is 10.8 Å². The maximum atomic E-state index is 5.13. The summed E-state index contributed by atoms with van der Waals surface area (Å²) in [5.41, 5.74) is 1.28. The molecule has 1 saturated carbocycles. The number of hydrogen-bond donors (Lipinski definition) is 0. The lowest BCUT2D eigenvalue weighted by Gasteiger charge is -2.24.